The van der Waals surface area contributed by atoms with Gasteiger partial charge in [-0.05, 0) is 36.2 Å². The second-order valence-corrected chi connectivity index (χ2v) is 6.88. The van der Waals surface area contributed by atoms with Crippen molar-refractivity contribution in [1.82, 2.24) is 10.3 Å². The minimum Gasteiger partial charge on any atom is -0.353 e. The van der Waals surface area contributed by atoms with Crippen LogP contribution in [0.15, 0.2) is 83.7 Å². The molecule has 0 bridgehead atoms. The van der Waals surface area contributed by atoms with Crippen molar-refractivity contribution in [3.05, 3.63) is 100 Å². The Morgan fingerprint density at radius 1 is 0.933 bits per heavy atom. The van der Waals surface area contributed by atoms with Crippen LogP contribution in [0.1, 0.15) is 5.56 Å². The van der Waals surface area contributed by atoms with Crippen LogP contribution in [0.25, 0.3) is 22.2 Å². The SMILES string of the molecule is O=C(NCCc1ccccc1)Nc1c(-c2cccc(F)c2)[nH]c2ccccc2c1=O. The van der Waals surface area contributed by atoms with E-state index in [0.29, 0.717) is 35.1 Å². The molecule has 5 nitrogen and oxygen atoms in total. The smallest absolute Gasteiger partial charge is 0.319 e. The number of rotatable bonds is 5. The first-order chi connectivity index (χ1) is 14.6. The Morgan fingerprint density at radius 3 is 2.50 bits per heavy atom. The van der Waals surface area contributed by atoms with Crippen LogP contribution in [-0.4, -0.2) is 17.6 Å². The molecule has 0 atom stereocenters. The Bertz CT molecular complexity index is 1250. The molecule has 0 spiro atoms. The van der Waals surface area contributed by atoms with E-state index in [0.717, 1.165) is 5.56 Å². The van der Waals surface area contributed by atoms with E-state index in [-0.39, 0.29) is 11.1 Å². The van der Waals surface area contributed by atoms with E-state index in [1.54, 1.807) is 36.4 Å². The lowest BCUT2D eigenvalue weighted by molar-refractivity contribution is 0.252. The summed E-state index contributed by atoms with van der Waals surface area (Å²) in [6.07, 6.45) is 0.666. The maximum Gasteiger partial charge on any atom is 0.319 e. The maximum absolute atomic E-state index is 13.8. The number of carbonyl (C=O) groups is 1. The summed E-state index contributed by atoms with van der Waals surface area (Å²) >= 11 is 0. The van der Waals surface area contributed by atoms with Gasteiger partial charge in [0, 0.05) is 23.0 Å². The van der Waals surface area contributed by atoms with Crippen LogP contribution in [-0.2, 0) is 6.42 Å². The van der Waals surface area contributed by atoms with E-state index in [1.165, 1.54) is 12.1 Å². The third-order valence-electron chi connectivity index (χ3n) is 4.80. The molecule has 1 heterocycles. The number of nitrogens with one attached hydrogen (secondary N) is 3. The zero-order chi connectivity index (χ0) is 20.9. The van der Waals surface area contributed by atoms with Gasteiger partial charge < -0.3 is 15.6 Å². The first kappa shape index (κ1) is 19.4. The number of benzene rings is 3. The Morgan fingerprint density at radius 2 is 1.70 bits per heavy atom. The lowest BCUT2D eigenvalue weighted by Gasteiger charge is -2.14. The van der Waals surface area contributed by atoms with Gasteiger partial charge >= 0.3 is 6.03 Å². The van der Waals surface area contributed by atoms with Gasteiger partial charge in [-0.25, -0.2) is 9.18 Å². The number of aromatic nitrogens is 1. The fraction of sp³-hybridized carbons (Fsp3) is 0.0833. The average molecular weight is 401 g/mol. The molecule has 0 aliphatic carbocycles. The Balaban J connectivity index is 1.63. The summed E-state index contributed by atoms with van der Waals surface area (Å²) in [6, 6.07) is 22.2. The minimum absolute atomic E-state index is 0.0801. The first-order valence-corrected chi connectivity index (χ1v) is 9.61. The van der Waals surface area contributed by atoms with Crippen molar-refractivity contribution in [2.75, 3.05) is 11.9 Å². The number of amides is 2. The number of halogens is 1. The standard InChI is InChI=1S/C24H20FN3O2/c25-18-10-6-9-17(15-18)21-22(23(29)19-11-4-5-12-20(19)27-21)28-24(30)26-14-13-16-7-2-1-3-8-16/h1-12,15H,13-14H2,(H,27,29)(H2,26,28,30). The van der Waals surface area contributed by atoms with Gasteiger partial charge in [0.25, 0.3) is 0 Å². The number of anilines is 1. The number of pyridine rings is 1. The lowest BCUT2D eigenvalue weighted by Crippen LogP contribution is -2.32. The Hall–Kier alpha value is -3.93. The summed E-state index contributed by atoms with van der Waals surface area (Å²) in [5.41, 5.74) is 2.28. The van der Waals surface area contributed by atoms with Crippen LogP contribution >= 0.6 is 0 Å². The first-order valence-electron chi connectivity index (χ1n) is 9.61. The number of hydrogen-bond acceptors (Lipinski definition) is 2. The topological polar surface area (TPSA) is 74.0 Å². The summed E-state index contributed by atoms with van der Waals surface area (Å²) in [6.45, 7) is 0.413. The normalized spacial score (nSPS) is 10.7. The van der Waals surface area contributed by atoms with Crippen LogP contribution in [0, 0.1) is 5.82 Å². The number of aromatic amines is 1. The molecule has 0 aliphatic rings. The van der Waals surface area contributed by atoms with E-state index >= 15 is 0 Å². The molecule has 6 heteroatoms. The van der Waals surface area contributed by atoms with Crippen LogP contribution < -0.4 is 16.1 Å². The molecule has 2 amide bonds. The molecule has 3 N–H and O–H groups in total. The van der Waals surface area contributed by atoms with Crippen molar-refractivity contribution in [3.8, 4) is 11.3 Å². The van der Waals surface area contributed by atoms with Crippen molar-refractivity contribution in [1.29, 1.82) is 0 Å². The monoisotopic (exact) mass is 401 g/mol. The Kier molecular flexibility index (Phi) is 5.57. The van der Waals surface area contributed by atoms with E-state index in [2.05, 4.69) is 15.6 Å². The third kappa shape index (κ3) is 4.22. The van der Waals surface area contributed by atoms with Crippen LogP contribution in [0.3, 0.4) is 0 Å². The van der Waals surface area contributed by atoms with Gasteiger partial charge in [-0.3, -0.25) is 4.79 Å². The van der Waals surface area contributed by atoms with Gasteiger partial charge in [0.15, 0.2) is 0 Å². The molecule has 150 valence electrons. The summed E-state index contributed by atoms with van der Waals surface area (Å²) < 4.78 is 13.8. The molecule has 0 saturated heterocycles. The molecular formula is C24H20FN3O2. The molecular weight excluding hydrogens is 381 g/mol. The number of carbonyl (C=O) groups excluding carboxylic acids is 1. The van der Waals surface area contributed by atoms with Gasteiger partial charge in [0.05, 0.1) is 5.69 Å². The minimum atomic E-state index is -0.496. The second-order valence-electron chi connectivity index (χ2n) is 6.88. The van der Waals surface area contributed by atoms with Gasteiger partial charge in [0.2, 0.25) is 5.43 Å². The molecule has 0 radical (unpaired) electrons. The molecule has 1 aromatic heterocycles. The van der Waals surface area contributed by atoms with Gasteiger partial charge in [-0.1, -0.05) is 54.6 Å². The molecule has 0 unspecified atom stereocenters. The molecule has 0 saturated carbocycles. The molecule has 0 aliphatic heterocycles. The second kappa shape index (κ2) is 8.61. The number of fused-ring (bicyclic) bond motifs is 1. The molecule has 0 fully saturated rings. The third-order valence-corrected chi connectivity index (χ3v) is 4.80. The van der Waals surface area contributed by atoms with Crippen molar-refractivity contribution >= 4 is 22.6 Å². The van der Waals surface area contributed by atoms with Crippen molar-refractivity contribution < 1.29 is 9.18 Å². The fourth-order valence-electron chi connectivity index (χ4n) is 3.34. The van der Waals surface area contributed by atoms with E-state index in [9.17, 15) is 14.0 Å². The highest BCUT2D eigenvalue weighted by molar-refractivity contribution is 5.97. The van der Waals surface area contributed by atoms with Gasteiger partial charge in [0.1, 0.15) is 11.5 Å². The predicted molar refractivity (Wildman–Crippen MR) is 117 cm³/mol. The van der Waals surface area contributed by atoms with Crippen LogP contribution in [0.2, 0.25) is 0 Å². The molecule has 4 aromatic rings. The van der Waals surface area contributed by atoms with Gasteiger partial charge in [-0.15, -0.1) is 0 Å². The van der Waals surface area contributed by atoms with Crippen molar-refractivity contribution in [2.45, 2.75) is 6.42 Å². The predicted octanol–water partition coefficient (Wildman–Crippen LogP) is 4.70. The summed E-state index contributed by atoms with van der Waals surface area (Å²) in [4.78, 5) is 28.7. The van der Waals surface area contributed by atoms with E-state index in [1.807, 2.05) is 30.3 Å². The fourth-order valence-corrected chi connectivity index (χ4v) is 3.34. The maximum atomic E-state index is 13.8. The largest absolute Gasteiger partial charge is 0.353 e. The van der Waals surface area contributed by atoms with E-state index in [4.69, 9.17) is 0 Å². The zero-order valence-electron chi connectivity index (χ0n) is 16.1. The van der Waals surface area contributed by atoms with Gasteiger partial charge in [-0.2, -0.15) is 0 Å². The van der Waals surface area contributed by atoms with E-state index < -0.39 is 11.8 Å². The highest BCUT2D eigenvalue weighted by Gasteiger charge is 2.16. The highest BCUT2D eigenvalue weighted by Crippen LogP contribution is 2.26. The quantitative estimate of drug-likeness (QED) is 0.454. The molecule has 4 rings (SSSR count). The lowest BCUT2D eigenvalue weighted by atomic mass is 10.1. The molecule has 30 heavy (non-hydrogen) atoms. The molecule has 3 aromatic carbocycles. The number of urea groups is 1. The zero-order valence-corrected chi connectivity index (χ0v) is 16.1. The summed E-state index contributed by atoms with van der Waals surface area (Å²) in [5.74, 6) is -0.431. The van der Waals surface area contributed by atoms with Crippen LogP contribution in [0.5, 0.6) is 0 Å². The summed E-state index contributed by atoms with van der Waals surface area (Å²) in [7, 11) is 0. The van der Waals surface area contributed by atoms with Crippen molar-refractivity contribution in [3.63, 3.8) is 0 Å². The Labute approximate surface area is 172 Å². The number of hydrogen-bond donors (Lipinski definition) is 3. The van der Waals surface area contributed by atoms with Crippen molar-refractivity contribution in [2.24, 2.45) is 0 Å². The number of H-pyrrole nitrogens is 1. The number of para-hydroxylation sites is 1. The summed E-state index contributed by atoms with van der Waals surface area (Å²) in [5, 5.41) is 5.87. The highest BCUT2D eigenvalue weighted by atomic mass is 19.1. The average Bonchev–Trinajstić information content (AvgIpc) is 2.76. The van der Waals surface area contributed by atoms with Crippen LogP contribution in [0.4, 0.5) is 14.9 Å².